The van der Waals surface area contributed by atoms with Gasteiger partial charge in [-0.3, -0.25) is 4.79 Å². The first-order valence-electron chi connectivity index (χ1n) is 6.35. The van der Waals surface area contributed by atoms with Crippen LogP contribution in [0, 0.1) is 0 Å². The van der Waals surface area contributed by atoms with Gasteiger partial charge in [-0.15, -0.1) is 0 Å². The molecule has 0 aromatic carbocycles. The van der Waals surface area contributed by atoms with Crippen LogP contribution in [-0.2, 0) is 16.8 Å². The number of hydrogen-bond donors (Lipinski definition) is 2. The number of piperazine rings is 1. The van der Waals surface area contributed by atoms with E-state index in [2.05, 4.69) is 0 Å². The Kier molecular flexibility index (Phi) is 4.02. The summed E-state index contributed by atoms with van der Waals surface area (Å²) in [6.45, 7) is 3.65. The molecule has 2 rings (SSSR count). The Labute approximate surface area is 118 Å². The molecule has 4 N–H and O–H groups in total. The third-order valence-electron chi connectivity index (χ3n) is 3.36. The zero-order valence-corrected chi connectivity index (χ0v) is 12.1. The summed E-state index contributed by atoms with van der Waals surface area (Å²) in [4.78, 5) is 14.0. The molecule has 1 amide bonds. The molecule has 0 radical (unpaired) electrons. The van der Waals surface area contributed by atoms with E-state index in [4.69, 9.17) is 10.9 Å². The molecule has 1 aromatic rings. The molecule has 8 nitrogen and oxygen atoms in total. The largest absolute Gasteiger partial charge is 0.397 e. The number of aromatic nitrogens is 1. The monoisotopic (exact) mass is 301 g/mol. The van der Waals surface area contributed by atoms with Crippen molar-refractivity contribution >= 4 is 21.8 Å². The normalized spacial score (nSPS) is 17.4. The molecule has 2 heterocycles. The number of carbonyl (C=O) groups excluding carboxylic acids is 1. The summed E-state index contributed by atoms with van der Waals surface area (Å²) in [5, 5.41) is 5.07. The van der Waals surface area contributed by atoms with Crippen LogP contribution in [0.2, 0.25) is 0 Å². The maximum absolute atomic E-state index is 12.4. The van der Waals surface area contributed by atoms with Gasteiger partial charge < -0.3 is 15.2 Å². The summed E-state index contributed by atoms with van der Waals surface area (Å²) in [6.07, 6.45) is 1.72. The molecule has 20 heavy (non-hydrogen) atoms. The van der Waals surface area contributed by atoms with Crippen molar-refractivity contribution in [2.24, 2.45) is 5.14 Å². The van der Waals surface area contributed by atoms with Gasteiger partial charge in [-0.2, -0.15) is 12.7 Å². The van der Waals surface area contributed by atoms with Crippen LogP contribution in [0.1, 0.15) is 17.4 Å². The molecule has 0 aliphatic carbocycles. The predicted molar refractivity (Wildman–Crippen MR) is 75.1 cm³/mol. The van der Waals surface area contributed by atoms with Crippen molar-refractivity contribution in [3.05, 3.63) is 18.0 Å². The lowest BCUT2D eigenvalue weighted by Gasteiger charge is -2.33. The average Bonchev–Trinajstić information content (AvgIpc) is 2.78. The molecule has 0 atom stereocenters. The molecule has 9 heteroatoms. The van der Waals surface area contributed by atoms with Crippen molar-refractivity contribution < 1.29 is 13.2 Å². The fraction of sp³-hybridized carbons (Fsp3) is 0.545. The molecule has 1 fully saturated rings. The SMILES string of the molecule is CCn1cc(N)cc1C(=O)N1CCN(S(N)(=O)=O)CC1. The number of rotatable bonds is 3. The van der Waals surface area contributed by atoms with Crippen LogP contribution in [0.15, 0.2) is 12.3 Å². The van der Waals surface area contributed by atoms with E-state index in [1.165, 1.54) is 4.31 Å². The zero-order chi connectivity index (χ0) is 14.9. The van der Waals surface area contributed by atoms with Gasteiger partial charge in [0.15, 0.2) is 0 Å². The number of hydrogen-bond acceptors (Lipinski definition) is 4. The number of carbonyl (C=O) groups is 1. The van der Waals surface area contributed by atoms with Crippen LogP contribution < -0.4 is 10.9 Å². The second-order valence-electron chi connectivity index (χ2n) is 4.68. The summed E-state index contributed by atoms with van der Waals surface area (Å²) in [6, 6.07) is 1.64. The number of aryl methyl sites for hydroxylation is 1. The molecule has 1 aliphatic heterocycles. The minimum atomic E-state index is -3.68. The topological polar surface area (TPSA) is 115 Å². The smallest absolute Gasteiger partial charge is 0.277 e. The highest BCUT2D eigenvalue weighted by molar-refractivity contribution is 7.86. The lowest BCUT2D eigenvalue weighted by atomic mass is 10.3. The predicted octanol–water partition coefficient (Wildman–Crippen LogP) is -0.948. The van der Waals surface area contributed by atoms with Crippen molar-refractivity contribution in [3.63, 3.8) is 0 Å². The molecule has 0 spiro atoms. The van der Waals surface area contributed by atoms with E-state index in [0.29, 0.717) is 31.0 Å². The fourth-order valence-corrected chi connectivity index (χ4v) is 2.95. The van der Waals surface area contributed by atoms with Crippen molar-refractivity contribution in [3.8, 4) is 0 Å². The Morgan fingerprint density at radius 3 is 2.40 bits per heavy atom. The molecule has 0 bridgehead atoms. The van der Waals surface area contributed by atoms with Crippen molar-refractivity contribution in [2.75, 3.05) is 31.9 Å². The van der Waals surface area contributed by atoms with E-state index < -0.39 is 10.2 Å². The summed E-state index contributed by atoms with van der Waals surface area (Å²) in [7, 11) is -3.68. The maximum atomic E-state index is 12.4. The fourth-order valence-electron chi connectivity index (χ4n) is 2.28. The van der Waals surface area contributed by atoms with Gasteiger partial charge in [-0.25, -0.2) is 5.14 Å². The van der Waals surface area contributed by atoms with Gasteiger partial charge in [-0.05, 0) is 13.0 Å². The van der Waals surface area contributed by atoms with Crippen molar-refractivity contribution in [2.45, 2.75) is 13.5 Å². The zero-order valence-electron chi connectivity index (χ0n) is 11.3. The minimum absolute atomic E-state index is 0.141. The Hall–Kier alpha value is -1.58. The molecular weight excluding hydrogens is 282 g/mol. The Morgan fingerprint density at radius 2 is 1.90 bits per heavy atom. The van der Waals surface area contributed by atoms with Gasteiger partial charge >= 0.3 is 0 Å². The third kappa shape index (κ3) is 2.94. The minimum Gasteiger partial charge on any atom is -0.397 e. The summed E-state index contributed by atoms with van der Waals surface area (Å²) < 4.78 is 25.4. The van der Waals surface area contributed by atoms with Crippen molar-refractivity contribution in [1.82, 2.24) is 13.8 Å². The van der Waals surface area contributed by atoms with Gasteiger partial charge in [0.2, 0.25) is 0 Å². The molecule has 0 unspecified atom stereocenters. The third-order valence-corrected chi connectivity index (χ3v) is 4.45. The van der Waals surface area contributed by atoms with Gasteiger partial charge in [0.25, 0.3) is 16.1 Å². The summed E-state index contributed by atoms with van der Waals surface area (Å²) in [5.74, 6) is -0.141. The van der Waals surface area contributed by atoms with E-state index in [1.54, 1.807) is 21.7 Å². The van der Waals surface area contributed by atoms with Crippen LogP contribution in [0.4, 0.5) is 5.69 Å². The lowest BCUT2D eigenvalue weighted by molar-refractivity contribution is 0.0687. The average molecular weight is 301 g/mol. The number of anilines is 1. The molecule has 1 aromatic heterocycles. The molecule has 112 valence electrons. The highest BCUT2D eigenvalue weighted by Crippen LogP contribution is 2.15. The van der Waals surface area contributed by atoms with E-state index in [0.717, 1.165) is 0 Å². The highest BCUT2D eigenvalue weighted by Gasteiger charge is 2.28. The first-order chi connectivity index (χ1) is 9.32. The van der Waals surface area contributed by atoms with Gasteiger partial charge in [0.1, 0.15) is 5.69 Å². The number of nitrogen functional groups attached to an aromatic ring is 1. The van der Waals surface area contributed by atoms with E-state index in [-0.39, 0.29) is 19.0 Å². The van der Waals surface area contributed by atoms with E-state index >= 15 is 0 Å². The second-order valence-corrected chi connectivity index (χ2v) is 6.23. The number of amides is 1. The first-order valence-corrected chi connectivity index (χ1v) is 7.86. The molecule has 0 saturated carbocycles. The number of nitrogens with zero attached hydrogens (tertiary/aromatic N) is 3. The Morgan fingerprint density at radius 1 is 1.30 bits per heavy atom. The van der Waals surface area contributed by atoms with E-state index in [9.17, 15) is 13.2 Å². The standard InChI is InChI=1S/C11H19N5O3S/c1-2-14-8-9(12)7-10(14)11(17)15-3-5-16(6-4-15)20(13,18)19/h7-8H,2-6,12H2,1H3,(H2,13,18,19). The van der Waals surface area contributed by atoms with Crippen LogP contribution >= 0.6 is 0 Å². The first kappa shape index (κ1) is 14.8. The Bertz CT molecular complexity index is 602. The lowest BCUT2D eigenvalue weighted by Crippen LogP contribution is -2.52. The molecule has 1 aliphatic rings. The second kappa shape index (κ2) is 5.43. The van der Waals surface area contributed by atoms with Gasteiger partial charge in [-0.1, -0.05) is 0 Å². The highest BCUT2D eigenvalue weighted by atomic mass is 32.2. The van der Waals surface area contributed by atoms with Gasteiger partial charge in [0.05, 0.1) is 5.69 Å². The van der Waals surface area contributed by atoms with Crippen LogP contribution in [0.5, 0.6) is 0 Å². The van der Waals surface area contributed by atoms with Crippen LogP contribution in [0.25, 0.3) is 0 Å². The van der Waals surface area contributed by atoms with Crippen LogP contribution in [0.3, 0.4) is 0 Å². The van der Waals surface area contributed by atoms with Gasteiger partial charge in [0, 0.05) is 38.9 Å². The maximum Gasteiger partial charge on any atom is 0.277 e. The molecular formula is C11H19N5O3S. The van der Waals surface area contributed by atoms with Crippen LogP contribution in [-0.4, -0.2) is 54.3 Å². The number of nitrogens with two attached hydrogens (primary N) is 2. The summed E-state index contributed by atoms with van der Waals surface area (Å²) in [5.41, 5.74) is 6.77. The quantitative estimate of drug-likeness (QED) is 0.749. The van der Waals surface area contributed by atoms with E-state index in [1.807, 2.05) is 6.92 Å². The van der Waals surface area contributed by atoms with Crippen molar-refractivity contribution in [1.29, 1.82) is 0 Å². The summed E-state index contributed by atoms with van der Waals surface area (Å²) >= 11 is 0. The molecule has 1 saturated heterocycles. The Balaban J connectivity index is 2.09.